The fourth-order valence-corrected chi connectivity index (χ4v) is 3.63. The summed E-state index contributed by atoms with van der Waals surface area (Å²) in [6, 6.07) is 13.5. The highest BCUT2D eigenvalue weighted by molar-refractivity contribution is 7.92. The van der Waals surface area contributed by atoms with Gasteiger partial charge in [0.2, 0.25) is 10.0 Å². The van der Waals surface area contributed by atoms with Crippen molar-refractivity contribution in [2.24, 2.45) is 0 Å². The van der Waals surface area contributed by atoms with Crippen LogP contribution in [0.1, 0.15) is 24.9 Å². The molecule has 128 valence electrons. The second-order valence-electron chi connectivity index (χ2n) is 6.16. The molecule has 2 aromatic carbocycles. The number of hydrogen-bond acceptors (Lipinski definition) is 4. The third kappa shape index (κ3) is 4.13. The number of nitrogens with one attached hydrogen (secondary N) is 3. The third-order valence-corrected chi connectivity index (χ3v) is 4.76. The molecule has 0 amide bonds. The smallest absolute Gasteiger partial charge is 0.229 e. The van der Waals surface area contributed by atoms with Crippen LogP contribution in [0.5, 0.6) is 0 Å². The summed E-state index contributed by atoms with van der Waals surface area (Å²) < 4.78 is 25.5. The summed E-state index contributed by atoms with van der Waals surface area (Å²) >= 11 is 5.94. The van der Waals surface area contributed by atoms with Gasteiger partial charge in [-0.05, 0) is 61.4 Å². The normalized spacial score (nSPS) is 20.0. The van der Waals surface area contributed by atoms with E-state index >= 15 is 0 Å². The van der Waals surface area contributed by atoms with Gasteiger partial charge in [-0.25, -0.2) is 8.42 Å². The van der Waals surface area contributed by atoms with Crippen molar-refractivity contribution in [1.82, 2.24) is 0 Å². The summed E-state index contributed by atoms with van der Waals surface area (Å²) in [6.45, 7) is 2.13. The SMILES string of the molecule is C[C@H]1C[C@@H](Nc2ccc(Cl)cc2)c2cc(NS(C)(=O)=O)ccc2N1. The van der Waals surface area contributed by atoms with E-state index in [0.717, 1.165) is 29.6 Å². The van der Waals surface area contributed by atoms with Crippen LogP contribution >= 0.6 is 11.6 Å². The van der Waals surface area contributed by atoms with Crippen molar-refractivity contribution in [2.75, 3.05) is 21.6 Å². The summed E-state index contributed by atoms with van der Waals surface area (Å²) in [7, 11) is -3.30. The number of halogens is 1. The van der Waals surface area contributed by atoms with E-state index in [9.17, 15) is 8.42 Å². The monoisotopic (exact) mass is 365 g/mol. The Labute approximate surface area is 147 Å². The van der Waals surface area contributed by atoms with Gasteiger partial charge in [-0.15, -0.1) is 0 Å². The molecule has 0 saturated heterocycles. The van der Waals surface area contributed by atoms with E-state index < -0.39 is 10.0 Å². The summed E-state index contributed by atoms with van der Waals surface area (Å²) in [5.41, 5.74) is 3.59. The highest BCUT2D eigenvalue weighted by Gasteiger charge is 2.24. The molecule has 0 aromatic heterocycles. The summed E-state index contributed by atoms with van der Waals surface area (Å²) in [5, 5.41) is 7.64. The maximum absolute atomic E-state index is 11.5. The van der Waals surface area contributed by atoms with E-state index in [1.54, 1.807) is 6.07 Å². The van der Waals surface area contributed by atoms with Crippen molar-refractivity contribution in [3.8, 4) is 0 Å². The summed E-state index contributed by atoms with van der Waals surface area (Å²) in [6.07, 6.45) is 2.04. The highest BCUT2D eigenvalue weighted by Crippen LogP contribution is 2.36. The van der Waals surface area contributed by atoms with Gasteiger partial charge in [0.1, 0.15) is 0 Å². The molecule has 0 spiro atoms. The van der Waals surface area contributed by atoms with Crippen LogP contribution < -0.4 is 15.4 Å². The first-order chi connectivity index (χ1) is 11.3. The van der Waals surface area contributed by atoms with Gasteiger partial charge in [0, 0.05) is 28.1 Å². The molecule has 7 heteroatoms. The molecule has 0 aliphatic carbocycles. The topological polar surface area (TPSA) is 70.2 Å². The second-order valence-corrected chi connectivity index (χ2v) is 8.35. The van der Waals surface area contributed by atoms with Crippen molar-refractivity contribution in [3.63, 3.8) is 0 Å². The van der Waals surface area contributed by atoms with Crippen LogP contribution in [0.15, 0.2) is 42.5 Å². The van der Waals surface area contributed by atoms with Gasteiger partial charge < -0.3 is 10.6 Å². The van der Waals surface area contributed by atoms with Crippen molar-refractivity contribution in [2.45, 2.75) is 25.4 Å². The Morgan fingerprint density at radius 1 is 1.12 bits per heavy atom. The van der Waals surface area contributed by atoms with Crippen LogP contribution in [-0.2, 0) is 10.0 Å². The molecule has 2 atom stereocenters. The van der Waals surface area contributed by atoms with Crippen molar-refractivity contribution < 1.29 is 8.42 Å². The number of hydrogen-bond donors (Lipinski definition) is 3. The average Bonchev–Trinajstić information content (AvgIpc) is 2.48. The van der Waals surface area contributed by atoms with Crippen LogP contribution in [0.4, 0.5) is 17.1 Å². The first-order valence-electron chi connectivity index (χ1n) is 7.70. The molecule has 0 saturated carbocycles. The molecule has 0 bridgehead atoms. The zero-order chi connectivity index (χ0) is 17.3. The van der Waals surface area contributed by atoms with Crippen LogP contribution in [0.3, 0.4) is 0 Å². The minimum Gasteiger partial charge on any atom is -0.382 e. The Morgan fingerprint density at radius 3 is 2.46 bits per heavy atom. The largest absolute Gasteiger partial charge is 0.382 e. The summed E-state index contributed by atoms with van der Waals surface area (Å²) in [5.74, 6) is 0. The first-order valence-corrected chi connectivity index (χ1v) is 9.97. The zero-order valence-corrected chi connectivity index (χ0v) is 15.1. The molecule has 3 rings (SSSR count). The van der Waals surface area contributed by atoms with Crippen molar-refractivity contribution in [1.29, 1.82) is 0 Å². The van der Waals surface area contributed by atoms with Gasteiger partial charge in [-0.1, -0.05) is 11.6 Å². The zero-order valence-electron chi connectivity index (χ0n) is 13.5. The molecular formula is C17H20ClN3O2S. The van der Waals surface area contributed by atoms with Gasteiger partial charge in [0.05, 0.1) is 12.3 Å². The molecule has 1 aliphatic heterocycles. The molecule has 1 aliphatic rings. The number of rotatable bonds is 4. The number of benzene rings is 2. The molecular weight excluding hydrogens is 346 g/mol. The van der Waals surface area contributed by atoms with E-state index in [0.29, 0.717) is 16.8 Å². The number of fused-ring (bicyclic) bond motifs is 1. The van der Waals surface area contributed by atoms with Crippen LogP contribution in [0.25, 0.3) is 0 Å². The maximum Gasteiger partial charge on any atom is 0.229 e. The minimum atomic E-state index is -3.30. The van der Waals surface area contributed by atoms with Crippen LogP contribution in [-0.4, -0.2) is 20.7 Å². The number of anilines is 3. The molecule has 0 unspecified atom stereocenters. The molecule has 2 aromatic rings. The van der Waals surface area contributed by atoms with Gasteiger partial charge in [0.25, 0.3) is 0 Å². The summed E-state index contributed by atoms with van der Waals surface area (Å²) in [4.78, 5) is 0. The minimum absolute atomic E-state index is 0.0822. The molecule has 5 nitrogen and oxygen atoms in total. The first kappa shape index (κ1) is 16.9. The van der Waals surface area contributed by atoms with E-state index in [4.69, 9.17) is 11.6 Å². The highest BCUT2D eigenvalue weighted by atomic mass is 35.5. The molecule has 0 fully saturated rings. The Balaban J connectivity index is 1.91. The lowest BCUT2D eigenvalue weighted by atomic mass is 9.93. The lowest BCUT2D eigenvalue weighted by molar-refractivity contribution is 0.599. The molecule has 24 heavy (non-hydrogen) atoms. The van der Waals surface area contributed by atoms with Gasteiger partial charge >= 0.3 is 0 Å². The van der Waals surface area contributed by atoms with Gasteiger partial charge in [-0.3, -0.25) is 4.72 Å². The van der Waals surface area contributed by atoms with E-state index in [2.05, 4.69) is 22.3 Å². The standard InChI is InChI=1S/C17H20ClN3O2S/c1-11-9-17(20-13-5-3-12(18)4-6-13)15-10-14(21-24(2,22)23)7-8-16(15)19-11/h3-8,10-11,17,19-21H,9H2,1-2H3/t11-,17+/m0/s1. The average molecular weight is 366 g/mol. The Morgan fingerprint density at radius 2 is 1.79 bits per heavy atom. The Kier molecular flexibility index (Phi) is 4.60. The third-order valence-electron chi connectivity index (χ3n) is 3.91. The molecule has 3 N–H and O–H groups in total. The second kappa shape index (κ2) is 6.53. The molecule has 0 radical (unpaired) electrons. The lowest BCUT2D eigenvalue weighted by Gasteiger charge is -2.33. The number of sulfonamides is 1. The van der Waals surface area contributed by atoms with Crippen molar-refractivity contribution in [3.05, 3.63) is 53.1 Å². The van der Waals surface area contributed by atoms with E-state index in [1.807, 2.05) is 36.4 Å². The van der Waals surface area contributed by atoms with E-state index in [-0.39, 0.29) is 6.04 Å². The predicted octanol–water partition coefficient (Wildman–Crippen LogP) is 4.07. The predicted molar refractivity (Wildman–Crippen MR) is 100 cm³/mol. The fraction of sp³-hybridized carbons (Fsp3) is 0.294. The Hall–Kier alpha value is -1.92. The van der Waals surface area contributed by atoms with E-state index in [1.165, 1.54) is 0 Å². The quantitative estimate of drug-likeness (QED) is 0.763. The van der Waals surface area contributed by atoms with Crippen LogP contribution in [0, 0.1) is 0 Å². The Bertz CT molecular complexity index is 837. The molecule has 1 heterocycles. The van der Waals surface area contributed by atoms with Gasteiger partial charge in [0.15, 0.2) is 0 Å². The van der Waals surface area contributed by atoms with Gasteiger partial charge in [-0.2, -0.15) is 0 Å². The van der Waals surface area contributed by atoms with Crippen molar-refractivity contribution >= 4 is 38.7 Å². The fourth-order valence-electron chi connectivity index (χ4n) is 2.95. The van der Waals surface area contributed by atoms with Crippen LogP contribution in [0.2, 0.25) is 5.02 Å². The lowest BCUT2D eigenvalue weighted by Crippen LogP contribution is -2.29. The maximum atomic E-state index is 11.5.